The summed E-state index contributed by atoms with van der Waals surface area (Å²) in [5, 5.41) is 10.8. The van der Waals surface area contributed by atoms with Crippen LogP contribution in [0.3, 0.4) is 0 Å². The molecule has 2 amide bonds. The summed E-state index contributed by atoms with van der Waals surface area (Å²) in [6, 6.07) is 5.86. The Balaban J connectivity index is 1.40. The zero-order chi connectivity index (χ0) is 32.4. The number of hydrogen-bond donors (Lipinski definition) is 1. The fourth-order valence-corrected chi connectivity index (χ4v) is 8.63. The van der Waals surface area contributed by atoms with Gasteiger partial charge in [-0.3, -0.25) is 14.3 Å². The van der Waals surface area contributed by atoms with Crippen LogP contribution < -0.4 is 10.1 Å². The van der Waals surface area contributed by atoms with Crippen molar-refractivity contribution < 1.29 is 27.8 Å². The lowest BCUT2D eigenvalue weighted by Gasteiger charge is -2.70. The lowest BCUT2D eigenvalue weighted by Crippen LogP contribution is -2.68. The maximum Gasteiger partial charge on any atom is 0.246 e. The summed E-state index contributed by atoms with van der Waals surface area (Å²) in [5.74, 6) is -1.66. The average molecular weight is 648 g/mol. The highest BCUT2D eigenvalue weighted by Crippen LogP contribution is 2.74. The van der Waals surface area contributed by atoms with Crippen molar-refractivity contribution >= 4 is 33.2 Å². The molecule has 2 bridgehead atoms. The van der Waals surface area contributed by atoms with Gasteiger partial charge in [-0.1, -0.05) is 6.58 Å². The Morgan fingerprint density at radius 1 is 1.20 bits per heavy atom. The first-order valence-electron chi connectivity index (χ1n) is 15.3. The number of aromatic nitrogens is 3. The van der Waals surface area contributed by atoms with Gasteiger partial charge in [0.15, 0.2) is 0 Å². The van der Waals surface area contributed by atoms with Crippen LogP contribution in [-0.4, -0.2) is 64.4 Å². The number of halogens is 2. The summed E-state index contributed by atoms with van der Waals surface area (Å²) in [4.78, 5) is 31.3. The number of carbonyl (C=O) groups is 2. The third-order valence-electron chi connectivity index (χ3n) is 9.64. The second kappa shape index (κ2) is 11.3. The molecule has 1 atom stereocenters. The Bertz CT molecular complexity index is 1880. The number of benzene rings is 1. The molecule has 1 unspecified atom stereocenters. The first-order valence-corrected chi connectivity index (χ1v) is 16.2. The van der Waals surface area contributed by atoms with Crippen molar-refractivity contribution in [1.82, 2.24) is 25.0 Å². The third-order valence-corrected chi connectivity index (χ3v) is 10.6. The minimum atomic E-state index is -0.766. The van der Waals surface area contributed by atoms with Gasteiger partial charge in [-0.05, 0) is 55.2 Å². The summed E-state index contributed by atoms with van der Waals surface area (Å²) < 4.78 is 44.4. The SMILES string of the molecule is C=CC(=O)N1Cc2cc(-c3nc(C45CC(CNC(C)=O)(C4)C5)c4ccsc4c3-c3c(F)cc(F)cc3OCCOC)nn2CC1C. The first kappa shape index (κ1) is 30.5. The second-order valence-electron chi connectivity index (χ2n) is 12.9. The van der Waals surface area contributed by atoms with Gasteiger partial charge in [-0.15, -0.1) is 11.3 Å². The van der Waals surface area contributed by atoms with Crippen molar-refractivity contribution in [1.29, 1.82) is 0 Å². The number of pyridine rings is 1. The molecule has 8 rings (SSSR count). The maximum atomic E-state index is 16.0. The lowest BCUT2D eigenvalue weighted by molar-refractivity contribution is -0.145. The number of fused-ring (bicyclic) bond motifs is 2. The summed E-state index contributed by atoms with van der Waals surface area (Å²) in [6.07, 6.45) is 3.99. The Labute approximate surface area is 269 Å². The normalized spacial score (nSPS) is 23.0. The number of nitrogens with zero attached hydrogens (tertiary/aromatic N) is 4. The van der Waals surface area contributed by atoms with E-state index < -0.39 is 11.6 Å². The molecule has 0 saturated heterocycles. The molecule has 0 spiro atoms. The molecular formula is C34H35F2N5O4S. The lowest BCUT2D eigenvalue weighted by atomic mass is 9.34. The highest BCUT2D eigenvalue weighted by Gasteiger charge is 2.69. The van der Waals surface area contributed by atoms with E-state index >= 15 is 4.39 Å². The van der Waals surface area contributed by atoms with Crippen molar-refractivity contribution in [3.05, 3.63) is 65.3 Å². The predicted octanol–water partition coefficient (Wildman–Crippen LogP) is 5.60. The minimum absolute atomic E-state index is 0.0416. The van der Waals surface area contributed by atoms with E-state index in [-0.39, 0.29) is 53.2 Å². The second-order valence-corrected chi connectivity index (χ2v) is 13.8. The number of amides is 2. The van der Waals surface area contributed by atoms with Crippen molar-refractivity contribution in [2.24, 2.45) is 5.41 Å². The van der Waals surface area contributed by atoms with Gasteiger partial charge in [0, 0.05) is 59.8 Å². The molecule has 0 radical (unpaired) electrons. The number of hydrogen-bond acceptors (Lipinski definition) is 7. The molecule has 3 aromatic heterocycles. The summed E-state index contributed by atoms with van der Waals surface area (Å²) in [7, 11) is 1.53. The molecular weight excluding hydrogens is 612 g/mol. The van der Waals surface area contributed by atoms with Gasteiger partial charge in [-0.25, -0.2) is 13.8 Å². The Hall–Kier alpha value is -4.16. The molecule has 4 aromatic rings. The molecule has 3 aliphatic carbocycles. The minimum Gasteiger partial charge on any atom is -0.490 e. The molecule has 3 saturated carbocycles. The summed E-state index contributed by atoms with van der Waals surface area (Å²) in [6.45, 7) is 8.93. The van der Waals surface area contributed by atoms with E-state index in [1.54, 1.807) is 4.90 Å². The quantitative estimate of drug-likeness (QED) is 0.178. The fraction of sp³-hybridized carbons (Fsp3) is 0.412. The van der Waals surface area contributed by atoms with Crippen LogP contribution in [-0.2, 0) is 32.8 Å². The van der Waals surface area contributed by atoms with Crippen LogP contribution in [0.2, 0.25) is 0 Å². The van der Waals surface area contributed by atoms with Crippen LogP contribution in [0, 0.1) is 17.0 Å². The molecule has 1 aromatic carbocycles. The molecule has 1 aliphatic heterocycles. The van der Waals surface area contributed by atoms with E-state index in [9.17, 15) is 14.0 Å². The van der Waals surface area contributed by atoms with Gasteiger partial charge in [0.1, 0.15) is 35.4 Å². The summed E-state index contributed by atoms with van der Waals surface area (Å²) >= 11 is 1.47. The van der Waals surface area contributed by atoms with E-state index in [0.717, 1.165) is 46.8 Å². The number of thiophene rings is 1. The summed E-state index contributed by atoms with van der Waals surface area (Å²) in [5.41, 5.74) is 3.26. The topological polar surface area (TPSA) is 98.6 Å². The Kier molecular flexibility index (Phi) is 7.47. The van der Waals surface area contributed by atoms with Crippen LogP contribution >= 0.6 is 11.3 Å². The molecule has 4 aliphatic rings. The maximum absolute atomic E-state index is 16.0. The number of carbonyl (C=O) groups excluding carboxylic acids is 2. The molecule has 3 fully saturated rings. The highest BCUT2D eigenvalue weighted by molar-refractivity contribution is 7.17. The van der Waals surface area contributed by atoms with Crippen LogP contribution in [0.1, 0.15) is 44.5 Å². The van der Waals surface area contributed by atoms with Gasteiger partial charge < -0.3 is 19.7 Å². The molecule has 9 nitrogen and oxygen atoms in total. The van der Waals surface area contributed by atoms with Crippen molar-refractivity contribution in [3.63, 3.8) is 0 Å². The molecule has 240 valence electrons. The molecule has 46 heavy (non-hydrogen) atoms. The van der Waals surface area contributed by atoms with Crippen molar-refractivity contribution in [2.75, 3.05) is 26.9 Å². The van der Waals surface area contributed by atoms with E-state index in [1.807, 2.05) is 29.1 Å². The van der Waals surface area contributed by atoms with E-state index in [1.165, 1.54) is 37.5 Å². The molecule has 4 heterocycles. The number of nitrogens with one attached hydrogen (secondary N) is 1. The number of rotatable bonds is 10. The standard InChI is InChI=1S/C34H35F2N5O4S/c1-5-27(43)40-14-22-12-25(39-41(22)13-19(40)2)30-29(28-24(36)10-21(35)11-26(28)45-8-7-44-4)31-23(6-9-46-31)32(38-30)34-15-33(16-34,17-34)18-37-20(3)42/h5-6,9-12,19H,1,7-8,13-18H2,2-4H3,(H,37,42). The van der Waals surface area contributed by atoms with E-state index in [2.05, 4.69) is 11.9 Å². The third kappa shape index (κ3) is 4.89. The monoisotopic (exact) mass is 647 g/mol. The number of ether oxygens (including phenoxy) is 2. The fourth-order valence-electron chi connectivity index (χ4n) is 7.68. The van der Waals surface area contributed by atoms with Crippen molar-refractivity contribution in [2.45, 2.75) is 57.7 Å². The van der Waals surface area contributed by atoms with E-state index in [4.69, 9.17) is 19.6 Å². The van der Waals surface area contributed by atoms with Gasteiger partial charge >= 0.3 is 0 Å². The largest absolute Gasteiger partial charge is 0.490 e. The average Bonchev–Trinajstić information content (AvgIpc) is 3.62. The van der Waals surface area contributed by atoms with Crippen LogP contribution in [0.25, 0.3) is 32.6 Å². The number of methoxy groups -OCH3 is 1. The van der Waals surface area contributed by atoms with Gasteiger partial charge in [0.25, 0.3) is 0 Å². The predicted molar refractivity (Wildman–Crippen MR) is 170 cm³/mol. The van der Waals surface area contributed by atoms with Gasteiger partial charge in [0.05, 0.1) is 36.6 Å². The first-order chi connectivity index (χ1) is 22.1. The zero-order valence-corrected chi connectivity index (χ0v) is 26.8. The van der Waals surface area contributed by atoms with Crippen LogP contribution in [0.5, 0.6) is 5.75 Å². The zero-order valence-electron chi connectivity index (χ0n) is 26.0. The van der Waals surface area contributed by atoms with Crippen LogP contribution in [0.15, 0.2) is 42.3 Å². The van der Waals surface area contributed by atoms with Gasteiger partial charge in [0.2, 0.25) is 11.8 Å². The molecule has 12 heteroatoms. The Morgan fingerprint density at radius 3 is 2.70 bits per heavy atom. The Morgan fingerprint density at radius 2 is 1.98 bits per heavy atom. The van der Waals surface area contributed by atoms with Gasteiger partial charge in [-0.2, -0.15) is 5.10 Å². The highest BCUT2D eigenvalue weighted by atomic mass is 32.1. The molecule has 1 N–H and O–H groups in total. The van der Waals surface area contributed by atoms with Crippen LogP contribution in [0.4, 0.5) is 8.78 Å². The van der Waals surface area contributed by atoms with E-state index in [0.29, 0.717) is 36.6 Å². The smallest absolute Gasteiger partial charge is 0.246 e. The van der Waals surface area contributed by atoms with Crippen molar-refractivity contribution in [3.8, 4) is 28.3 Å².